The Morgan fingerprint density at radius 2 is 1.82 bits per heavy atom. The van der Waals surface area contributed by atoms with E-state index in [0.717, 1.165) is 27.7 Å². The van der Waals surface area contributed by atoms with Gasteiger partial charge in [0.15, 0.2) is 0 Å². The van der Waals surface area contributed by atoms with Crippen LogP contribution in [-0.2, 0) is 4.79 Å². The van der Waals surface area contributed by atoms with Gasteiger partial charge in [0.2, 0.25) is 0 Å². The Balaban J connectivity index is 2.10. The third-order valence-corrected chi connectivity index (χ3v) is 3.44. The van der Waals surface area contributed by atoms with Crippen LogP contribution in [0.15, 0.2) is 42.0 Å². The van der Waals surface area contributed by atoms with Gasteiger partial charge in [-0.15, -0.1) is 0 Å². The van der Waals surface area contributed by atoms with Crippen molar-refractivity contribution in [1.29, 1.82) is 0 Å². The predicted molar refractivity (Wildman–Crippen MR) is 88.5 cm³/mol. The van der Waals surface area contributed by atoms with Crippen LogP contribution < -0.4 is 15.6 Å². The van der Waals surface area contributed by atoms with Gasteiger partial charge >= 0.3 is 0 Å². The molecule has 0 radical (unpaired) electrons. The highest BCUT2D eigenvalue weighted by Gasteiger charge is 2.17. The molecule has 22 heavy (non-hydrogen) atoms. The lowest BCUT2D eigenvalue weighted by molar-refractivity contribution is -0.116. The van der Waals surface area contributed by atoms with Crippen LogP contribution in [0.1, 0.15) is 26.3 Å². The van der Waals surface area contributed by atoms with Crippen LogP contribution in [0.4, 0.5) is 0 Å². The molecule has 1 aliphatic rings. The molecule has 0 saturated carbocycles. The molecule has 2 aromatic rings. The van der Waals surface area contributed by atoms with Gasteiger partial charge in [0, 0.05) is 17.5 Å². The molecule has 1 fully saturated rings. The maximum Gasteiger partial charge on any atom is 0.262 e. The molecule has 1 aliphatic heterocycles. The fourth-order valence-electron chi connectivity index (χ4n) is 2.52. The van der Waals surface area contributed by atoms with Gasteiger partial charge in [-0.05, 0) is 43.9 Å². The average molecular weight is 296 g/mol. The summed E-state index contributed by atoms with van der Waals surface area (Å²) in [6.07, 6.45) is 1.93. The summed E-state index contributed by atoms with van der Waals surface area (Å²) >= 11 is 0. The van der Waals surface area contributed by atoms with Gasteiger partial charge in [-0.3, -0.25) is 10.2 Å². The molecule has 0 aromatic heterocycles. The van der Waals surface area contributed by atoms with Crippen LogP contribution >= 0.6 is 0 Å². The second kappa shape index (κ2) is 5.46. The van der Waals surface area contributed by atoms with Crippen LogP contribution in [0, 0.1) is 0 Å². The standard InChI is InChI=1S/C18H20N2O2/c1-18(2,3)22-16-9-8-12(10-13-11-19-20-17(13)21)14-6-4-5-7-15(14)16/h4-10,19H,11H2,1-3H3,(H,20,21)/b13-10+. The first-order valence-electron chi connectivity index (χ1n) is 7.38. The molecule has 114 valence electrons. The minimum absolute atomic E-state index is 0.0703. The Hall–Kier alpha value is -2.33. The van der Waals surface area contributed by atoms with E-state index in [1.54, 1.807) is 0 Å². The predicted octanol–water partition coefficient (Wildman–Crippen LogP) is 3.03. The van der Waals surface area contributed by atoms with Gasteiger partial charge in [0.1, 0.15) is 11.4 Å². The summed E-state index contributed by atoms with van der Waals surface area (Å²) in [5.74, 6) is 0.790. The lowest BCUT2D eigenvalue weighted by atomic mass is 10.0. The number of rotatable bonds is 2. The number of carbonyl (C=O) groups excluding carboxylic acids is 1. The quantitative estimate of drug-likeness (QED) is 0.838. The van der Waals surface area contributed by atoms with Crippen molar-refractivity contribution in [3.63, 3.8) is 0 Å². The zero-order valence-corrected chi connectivity index (χ0v) is 13.1. The summed E-state index contributed by atoms with van der Waals surface area (Å²) < 4.78 is 6.05. The number of hydrogen-bond acceptors (Lipinski definition) is 3. The number of carbonyl (C=O) groups is 1. The number of nitrogens with one attached hydrogen (secondary N) is 2. The van der Waals surface area contributed by atoms with Gasteiger partial charge in [0.05, 0.1) is 0 Å². The summed E-state index contributed by atoms with van der Waals surface area (Å²) in [5.41, 5.74) is 6.94. The van der Waals surface area contributed by atoms with Crippen molar-refractivity contribution >= 4 is 22.8 Å². The van der Waals surface area contributed by atoms with Crippen LogP contribution in [0.25, 0.3) is 16.8 Å². The Bertz CT molecular complexity index is 757. The van der Waals surface area contributed by atoms with Gasteiger partial charge in [-0.2, -0.15) is 0 Å². The van der Waals surface area contributed by atoms with E-state index in [0.29, 0.717) is 6.54 Å². The van der Waals surface area contributed by atoms with Crippen LogP contribution in [0.5, 0.6) is 5.75 Å². The Morgan fingerprint density at radius 3 is 2.45 bits per heavy atom. The third kappa shape index (κ3) is 2.97. The summed E-state index contributed by atoms with van der Waals surface area (Å²) in [5, 5.41) is 2.13. The van der Waals surface area contributed by atoms with Crippen LogP contribution in [-0.4, -0.2) is 18.1 Å². The minimum Gasteiger partial charge on any atom is -0.488 e. The van der Waals surface area contributed by atoms with Crippen molar-refractivity contribution in [3.05, 3.63) is 47.5 Å². The van der Waals surface area contributed by atoms with E-state index in [1.807, 2.05) is 57.2 Å². The molecule has 2 N–H and O–H groups in total. The molecular weight excluding hydrogens is 276 g/mol. The molecule has 0 unspecified atom stereocenters. The highest BCUT2D eigenvalue weighted by molar-refractivity contribution is 6.03. The van der Waals surface area contributed by atoms with Crippen molar-refractivity contribution in [1.82, 2.24) is 10.9 Å². The summed E-state index contributed by atoms with van der Waals surface area (Å²) in [7, 11) is 0. The number of hydrazine groups is 1. The van der Waals surface area contributed by atoms with Crippen molar-refractivity contribution in [2.45, 2.75) is 26.4 Å². The molecule has 0 aliphatic carbocycles. The smallest absolute Gasteiger partial charge is 0.262 e. The summed E-state index contributed by atoms with van der Waals surface area (Å²) in [6, 6.07) is 12.1. The first-order valence-corrected chi connectivity index (χ1v) is 7.38. The zero-order chi connectivity index (χ0) is 15.7. The van der Waals surface area contributed by atoms with Crippen molar-refractivity contribution in [2.24, 2.45) is 0 Å². The molecule has 2 aromatic carbocycles. The largest absolute Gasteiger partial charge is 0.488 e. The van der Waals surface area contributed by atoms with E-state index in [4.69, 9.17) is 4.74 Å². The highest BCUT2D eigenvalue weighted by atomic mass is 16.5. The van der Waals surface area contributed by atoms with E-state index in [9.17, 15) is 4.79 Å². The van der Waals surface area contributed by atoms with E-state index in [2.05, 4.69) is 16.9 Å². The Kier molecular flexibility index (Phi) is 3.62. The van der Waals surface area contributed by atoms with Crippen molar-refractivity contribution in [3.8, 4) is 5.75 Å². The average Bonchev–Trinajstić information content (AvgIpc) is 2.86. The monoisotopic (exact) mass is 296 g/mol. The number of hydrogen-bond donors (Lipinski definition) is 2. The molecule has 0 bridgehead atoms. The normalized spacial score (nSPS) is 17.0. The fourth-order valence-corrected chi connectivity index (χ4v) is 2.52. The molecule has 4 heteroatoms. The maximum absolute atomic E-state index is 11.7. The Morgan fingerprint density at radius 1 is 1.09 bits per heavy atom. The molecule has 1 heterocycles. The third-order valence-electron chi connectivity index (χ3n) is 3.44. The Labute approximate surface area is 130 Å². The van der Waals surface area contributed by atoms with Gasteiger partial charge in [-0.1, -0.05) is 30.3 Å². The maximum atomic E-state index is 11.7. The number of benzene rings is 2. The lowest BCUT2D eigenvalue weighted by Crippen LogP contribution is -2.25. The van der Waals surface area contributed by atoms with Crippen LogP contribution in [0.3, 0.4) is 0 Å². The van der Waals surface area contributed by atoms with E-state index < -0.39 is 0 Å². The molecule has 1 saturated heterocycles. The van der Waals surface area contributed by atoms with Gasteiger partial charge < -0.3 is 4.74 Å². The topological polar surface area (TPSA) is 50.4 Å². The molecule has 3 rings (SSSR count). The molecular formula is C18H20N2O2. The van der Waals surface area contributed by atoms with Crippen LogP contribution in [0.2, 0.25) is 0 Å². The number of amides is 1. The first-order chi connectivity index (χ1) is 10.4. The van der Waals surface area contributed by atoms with E-state index in [-0.39, 0.29) is 11.5 Å². The van der Waals surface area contributed by atoms with Crippen molar-refractivity contribution in [2.75, 3.05) is 6.54 Å². The summed E-state index contributed by atoms with van der Waals surface area (Å²) in [6.45, 7) is 6.64. The SMILES string of the molecule is CC(C)(C)Oc1ccc(/C=C2\CNNC2=O)c2ccccc12. The first kappa shape index (κ1) is 14.6. The second-order valence-electron chi connectivity index (χ2n) is 6.39. The van der Waals surface area contributed by atoms with Gasteiger partial charge in [-0.25, -0.2) is 5.43 Å². The lowest BCUT2D eigenvalue weighted by Gasteiger charge is -2.23. The number of fused-ring (bicyclic) bond motifs is 1. The molecule has 0 atom stereocenters. The highest BCUT2D eigenvalue weighted by Crippen LogP contribution is 2.32. The number of ether oxygens (including phenoxy) is 1. The van der Waals surface area contributed by atoms with Crippen molar-refractivity contribution < 1.29 is 9.53 Å². The fraction of sp³-hybridized carbons (Fsp3) is 0.278. The second-order valence-corrected chi connectivity index (χ2v) is 6.39. The minimum atomic E-state index is -0.252. The van der Waals surface area contributed by atoms with E-state index in [1.165, 1.54) is 0 Å². The van der Waals surface area contributed by atoms with Gasteiger partial charge in [0.25, 0.3) is 5.91 Å². The molecule has 1 amide bonds. The molecule has 0 spiro atoms. The zero-order valence-electron chi connectivity index (χ0n) is 13.1. The molecule has 4 nitrogen and oxygen atoms in total. The van der Waals surface area contributed by atoms with E-state index >= 15 is 0 Å². The summed E-state index contributed by atoms with van der Waals surface area (Å²) in [4.78, 5) is 11.7.